The van der Waals surface area contributed by atoms with E-state index < -0.39 is 12.0 Å². The van der Waals surface area contributed by atoms with E-state index in [1.165, 1.54) is 0 Å². The average Bonchev–Trinajstić information content (AvgIpc) is 2.75. The second-order valence-corrected chi connectivity index (χ2v) is 4.60. The standard InChI is InChI=1S/C11H10BrNO5/c12-7-1-5(8(13)2-9(15)16)10-11(6(7)3-14)18-4-17-10/h1,3,8H,2,4,13H2,(H,15,16). The van der Waals surface area contributed by atoms with Gasteiger partial charge in [0.05, 0.1) is 12.0 Å². The number of hydrogen-bond acceptors (Lipinski definition) is 5. The predicted molar refractivity (Wildman–Crippen MR) is 64.8 cm³/mol. The van der Waals surface area contributed by atoms with Gasteiger partial charge in [-0.3, -0.25) is 9.59 Å². The summed E-state index contributed by atoms with van der Waals surface area (Å²) in [5, 5.41) is 8.74. The Morgan fingerprint density at radius 2 is 2.22 bits per heavy atom. The van der Waals surface area contributed by atoms with Gasteiger partial charge >= 0.3 is 5.97 Å². The van der Waals surface area contributed by atoms with Crippen molar-refractivity contribution in [1.29, 1.82) is 0 Å². The predicted octanol–water partition coefficient (Wildman–Crippen LogP) is 1.46. The van der Waals surface area contributed by atoms with Crippen LogP contribution in [0.5, 0.6) is 11.5 Å². The molecule has 1 aromatic rings. The molecule has 96 valence electrons. The Morgan fingerprint density at radius 3 is 2.83 bits per heavy atom. The van der Waals surface area contributed by atoms with E-state index in [4.69, 9.17) is 20.3 Å². The molecule has 0 spiro atoms. The molecule has 2 rings (SSSR count). The third-order valence-corrected chi connectivity index (χ3v) is 3.23. The van der Waals surface area contributed by atoms with Gasteiger partial charge in [-0.25, -0.2) is 0 Å². The number of ether oxygens (including phenoxy) is 2. The van der Waals surface area contributed by atoms with E-state index in [0.29, 0.717) is 33.4 Å². The molecule has 1 heterocycles. The quantitative estimate of drug-likeness (QED) is 0.816. The Balaban J connectivity index is 2.49. The number of halogens is 1. The van der Waals surface area contributed by atoms with E-state index in [9.17, 15) is 9.59 Å². The minimum atomic E-state index is -1.01. The van der Waals surface area contributed by atoms with Gasteiger partial charge < -0.3 is 20.3 Å². The Morgan fingerprint density at radius 1 is 1.56 bits per heavy atom. The summed E-state index contributed by atoms with van der Waals surface area (Å²) in [5.74, 6) is -0.366. The van der Waals surface area contributed by atoms with E-state index in [2.05, 4.69) is 15.9 Å². The van der Waals surface area contributed by atoms with Crippen molar-refractivity contribution in [3.8, 4) is 11.5 Å². The number of hydrogen-bond donors (Lipinski definition) is 2. The lowest BCUT2D eigenvalue weighted by atomic mass is 10.0. The molecule has 0 aliphatic carbocycles. The lowest BCUT2D eigenvalue weighted by Gasteiger charge is -2.14. The van der Waals surface area contributed by atoms with Crippen molar-refractivity contribution >= 4 is 28.2 Å². The zero-order chi connectivity index (χ0) is 13.3. The van der Waals surface area contributed by atoms with Crippen molar-refractivity contribution in [2.75, 3.05) is 6.79 Å². The topological polar surface area (TPSA) is 98.9 Å². The van der Waals surface area contributed by atoms with E-state index in [-0.39, 0.29) is 13.2 Å². The number of carboxylic acids is 1. The first-order valence-corrected chi connectivity index (χ1v) is 5.88. The van der Waals surface area contributed by atoms with Crippen molar-refractivity contribution < 1.29 is 24.2 Å². The molecule has 1 aromatic carbocycles. The summed E-state index contributed by atoms with van der Waals surface area (Å²) >= 11 is 3.23. The summed E-state index contributed by atoms with van der Waals surface area (Å²) in [4.78, 5) is 21.6. The monoisotopic (exact) mass is 315 g/mol. The summed E-state index contributed by atoms with van der Waals surface area (Å²) in [6.45, 7) is -0.0145. The van der Waals surface area contributed by atoms with Crippen LogP contribution >= 0.6 is 15.9 Å². The van der Waals surface area contributed by atoms with Crippen LogP contribution in [-0.4, -0.2) is 24.2 Å². The maximum atomic E-state index is 11.0. The zero-order valence-corrected chi connectivity index (χ0v) is 10.8. The van der Waals surface area contributed by atoms with Crippen molar-refractivity contribution in [2.24, 2.45) is 5.73 Å². The summed E-state index contributed by atoms with van der Waals surface area (Å²) < 4.78 is 11.0. The number of aliphatic carboxylic acids is 1. The Bertz CT molecular complexity index is 517. The molecule has 0 aromatic heterocycles. The molecule has 6 nitrogen and oxygen atoms in total. The highest BCUT2D eigenvalue weighted by atomic mass is 79.9. The largest absolute Gasteiger partial charge is 0.481 e. The van der Waals surface area contributed by atoms with Crippen molar-refractivity contribution in [2.45, 2.75) is 12.5 Å². The van der Waals surface area contributed by atoms with Gasteiger partial charge in [0.1, 0.15) is 0 Å². The molecule has 1 aliphatic rings. The molecule has 1 aliphatic heterocycles. The van der Waals surface area contributed by atoms with Crippen LogP contribution in [0, 0.1) is 0 Å². The Hall–Kier alpha value is -1.60. The normalized spacial score (nSPS) is 14.3. The first-order valence-electron chi connectivity index (χ1n) is 5.09. The van der Waals surface area contributed by atoms with Gasteiger partial charge in [-0.2, -0.15) is 0 Å². The van der Waals surface area contributed by atoms with Crippen LogP contribution in [0.4, 0.5) is 0 Å². The number of carboxylic acid groups (broad SMARTS) is 1. The minimum Gasteiger partial charge on any atom is -0.481 e. The number of nitrogens with two attached hydrogens (primary N) is 1. The van der Waals surface area contributed by atoms with Gasteiger partial charge in [-0.15, -0.1) is 0 Å². The van der Waals surface area contributed by atoms with E-state index in [0.717, 1.165) is 0 Å². The van der Waals surface area contributed by atoms with Gasteiger partial charge in [-0.1, -0.05) is 0 Å². The van der Waals surface area contributed by atoms with Gasteiger partial charge in [0.25, 0.3) is 0 Å². The number of carbonyl (C=O) groups is 2. The molecule has 1 unspecified atom stereocenters. The summed E-state index contributed by atoms with van der Waals surface area (Å²) in [7, 11) is 0. The van der Waals surface area contributed by atoms with Crippen LogP contribution < -0.4 is 15.2 Å². The molecular formula is C11H10BrNO5. The molecule has 1 atom stereocenters. The van der Waals surface area contributed by atoms with Crippen LogP contribution in [0.25, 0.3) is 0 Å². The molecule has 7 heteroatoms. The molecular weight excluding hydrogens is 306 g/mol. The number of rotatable bonds is 4. The number of benzene rings is 1. The maximum absolute atomic E-state index is 11.0. The molecule has 0 saturated carbocycles. The SMILES string of the molecule is NC(CC(=O)O)c1cc(Br)c(C=O)c2c1OCO2. The summed E-state index contributed by atoms with van der Waals surface area (Å²) in [6, 6.07) is 0.861. The summed E-state index contributed by atoms with van der Waals surface area (Å²) in [5.41, 5.74) is 6.63. The van der Waals surface area contributed by atoms with Crippen LogP contribution in [0.1, 0.15) is 28.4 Å². The smallest absolute Gasteiger partial charge is 0.305 e. The van der Waals surface area contributed by atoms with Crippen LogP contribution in [-0.2, 0) is 4.79 Å². The van der Waals surface area contributed by atoms with Crippen molar-refractivity contribution in [1.82, 2.24) is 0 Å². The lowest BCUT2D eigenvalue weighted by Crippen LogP contribution is -2.15. The third kappa shape index (κ3) is 2.19. The molecule has 0 amide bonds. The average molecular weight is 316 g/mol. The van der Waals surface area contributed by atoms with Gasteiger partial charge in [0, 0.05) is 16.1 Å². The Kier molecular flexibility index (Phi) is 3.53. The Labute approximate surface area is 111 Å². The van der Waals surface area contributed by atoms with E-state index in [1.807, 2.05) is 0 Å². The van der Waals surface area contributed by atoms with Gasteiger partial charge in [0.2, 0.25) is 6.79 Å². The van der Waals surface area contributed by atoms with Crippen LogP contribution in [0.3, 0.4) is 0 Å². The van der Waals surface area contributed by atoms with Gasteiger partial charge in [-0.05, 0) is 22.0 Å². The van der Waals surface area contributed by atoms with E-state index in [1.54, 1.807) is 6.07 Å². The maximum Gasteiger partial charge on any atom is 0.305 e. The highest BCUT2D eigenvalue weighted by Gasteiger charge is 2.27. The van der Waals surface area contributed by atoms with Crippen LogP contribution in [0.2, 0.25) is 0 Å². The number of fused-ring (bicyclic) bond motifs is 1. The molecule has 18 heavy (non-hydrogen) atoms. The van der Waals surface area contributed by atoms with Crippen LogP contribution in [0.15, 0.2) is 10.5 Å². The lowest BCUT2D eigenvalue weighted by molar-refractivity contribution is -0.137. The third-order valence-electron chi connectivity index (χ3n) is 2.57. The number of carbonyl (C=O) groups excluding carboxylic acids is 1. The van der Waals surface area contributed by atoms with E-state index >= 15 is 0 Å². The molecule has 0 bridgehead atoms. The first kappa shape index (κ1) is 12.8. The molecule has 3 N–H and O–H groups in total. The fourth-order valence-electron chi connectivity index (χ4n) is 1.76. The fourth-order valence-corrected chi connectivity index (χ4v) is 2.28. The number of aldehydes is 1. The molecule has 0 radical (unpaired) electrons. The zero-order valence-electron chi connectivity index (χ0n) is 9.18. The summed E-state index contributed by atoms with van der Waals surface area (Å²) in [6.07, 6.45) is 0.409. The molecule has 0 saturated heterocycles. The second kappa shape index (κ2) is 4.95. The van der Waals surface area contributed by atoms with Gasteiger partial charge in [0.15, 0.2) is 17.8 Å². The minimum absolute atomic E-state index is 0.0145. The molecule has 0 fully saturated rings. The first-order chi connectivity index (χ1) is 8.54. The fraction of sp³-hybridized carbons (Fsp3) is 0.273. The van der Waals surface area contributed by atoms with Crippen molar-refractivity contribution in [3.05, 3.63) is 21.7 Å². The highest BCUT2D eigenvalue weighted by molar-refractivity contribution is 9.10. The highest BCUT2D eigenvalue weighted by Crippen LogP contribution is 2.44. The van der Waals surface area contributed by atoms with Crippen molar-refractivity contribution in [3.63, 3.8) is 0 Å². The second-order valence-electron chi connectivity index (χ2n) is 3.75.